The van der Waals surface area contributed by atoms with Crippen LogP contribution in [0.1, 0.15) is 55.4 Å². The molecular weight excluding hydrogens is 288 g/mol. The third-order valence-corrected chi connectivity index (χ3v) is 7.76. The van der Waals surface area contributed by atoms with Gasteiger partial charge in [0.05, 0.1) is 0 Å². The molecule has 0 radical (unpaired) electrons. The zero-order valence-electron chi connectivity index (χ0n) is 14.6. The molecule has 0 saturated heterocycles. The van der Waals surface area contributed by atoms with E-state index >= 15 is 0 Å². The van der Waals surface area contributed by atoms with Gasteiger partial charge in [0.15, 0.2) is 0 Å². The molecule has 22 heavy (non-hydrogen) atoms. The molecule has 2 aliphatic carbocycles. The van der Waals surface area contributed by atoms with Gasteiger partial charge < -0.3 is 0 Å². The van der Waals surface area contributed by atoms with E-state index < -0.39 is 0 Å². The van der Waals surface area contributed by atoms with Crippen LogP contribution >= 0.6 is 11.8 Å². The second-order valence-electron chi connectivity index (χ2n) is 8.04. The number of fused-ring (bicyclic) bond motifs is 2. The van der Waals surface area contributed by atoms with Crippen LogP contribution in [0.4, 0.5) is 0 Å². The Kier molecular flexibility index (Phi) is 3.96. The van der Waals surface area contributed by atoms with Crippen molar-refractivity contribution in [2.45, 2.75) is 59.6 Å². The van der Waals surface area contributed by atoms with Crippen LogP contribution in [-0.4, -0.2) is 11.5 Å². The topological polar surface area (TPSA) is 17.1 Å². The van der Waals surface area contributed by atoms with Gasteiger partial charge in [0, 0.05) is 23.3 Å². The van der Waals surface area contributed by atoms with Crippen molar-refractivity contribution in [2.24, 2.45) is 16.7 Å². The second kappa shape index (κ2) is 5.40. The lowest BCUT2D eigenvalue weighted by atomic mass is 9.70. The van der Waals surface area contributed by atoms with Gasteiger partial charge in [0.2, 0.25) is 0 Å². The minimum Gasteiger partial charge on any atom is -0.299 e. The molecule has 0 amide bonds. The number of hydrogen-bond donors (Lipinski definition) is 0. The monoisotopic (exact) mass is 316 g/mol. The zero-order chi connectivity index (χ0) is 16.1. The fourth-order valence-electron chi connectivity index (χ4n) is 4.87. The highest BCUT2D eigenvalue weighted by molar-refractivity contribution is 7.98. The summed E-state index contributed by atoms with van der Waals surface area (Å²) in [7, 11) is 0. The summed E-state index contributed by atoms with van der Waals surface area (Å²) in [5.74, 6) is 3.21. The molecule has 2 atom stereocenters. The van der Waals surface area contributed by atoms with Gasteiger partial charge in [-0.25, -0.2) is 0 Å². The summed E-state index contributed by atoms with van der Waals surface area (Å²) in [5, 5.41) is 0. The number of ketones is 1. The summed E-state index contributed by atoms with van der Waals surface area (Å²) < 4.78 is 0. The molecule has 3 rings (SSSR count). The van der Waals surface area contributed by atoms with Crippen LogP contribution in [0.3, 0.4) is 0 Å². The Morgan fingerprint density at radius 2 is 1.82 bits per heavy atom. The Balaban J connectivity index is 1.73. The first-order chi connectivity index (χ1) is 10.3. The van der Waals surface area contributed by atoms with Gasteiger partial charge in [-0.2, -0.15) is 11.8 Å². The molecule has 2 bridgehead atoms. The van der Waals surface area contributed by atoms with Gasteiger partial charge in [-0.1, -0.05) is 31.5 Å². The molecule has 0 aliphatic heterocycles. The van der Waals surface area contributed by atoms with Crippen molar-refractivity contribution in [3.05, 3.63) is 34.4 Å². The lowest BCUT2D eigenvalue weighted by Crippen LogP contribution is -2.38. The largest absolute Gasteiger partial charge is 0.299 e. The number of carbonyl (C=O) groups is 1. The maximum absolute atomic E-state index is 12.6. The van der Waals surface area contributed by atoms with Crippen LogP contribution in [0, 0.1) is 37.5 Å². The second-order valence-corrected chi connectivity index (χ2v) is 9.02. The van der Waals surface area contributed by atoms with E-state index in [2.05, 4.69) is 46.8 Å². The van der Waals surface area contributed by atoms with Crippen LogP contribution in [0.15, 0.2) is 12.1 Å². The summed E-state index contributed by atoms with van der Waals surface area (Å²) >= 11 is 1.97. The molecule has 0 spiro atoms. The molecule has 2 heteroatoms. The van der Waals surface area contributed by atoms with Crippen molar-refractivity contribution in [1.82, 2.24) is 0 Å². The molecule has 1 aromatic rings. The maximum Gasteiger partial charge on any atom is 0.140 e. The Morgan fingerprint density at radius 1 is 1.18 bits per heavy atom. The van der Waals surface area contributed by atoms with E-state index in [0.717, 1.165) is 24.3 Å². The summed E-state index contributed by atoms with van der Waals surface area (Å²) in [6, 6.07) is 4.55. The minimum atomic E-state index is -0.0468. The Morgan fingerprint density at radius 3 is 2.32 bits per heavy atom. The standard InChI is InChI=1S/C20H28OS/c1-13-8-14(2)17(15(3)9-13)11-22-12-20-7-6-16(10-18(20)21)19(20,4)5/h8-9,16H,6-7,10-12H2,1-5H3/t16-,20-/m1/s1. The minimum absolute atomic E-state index is 0.0468. The van der Waals surface area contributed by atoms with Gasteiger partial charge >= 0.3 is 0 Å². The molecule has 2 saturated carbocycles. The van der Waals surface area contributed by atoms with Crippen molar-refractivity contribution in [3.8, 4) is 0 Å². The molecule has 0 N–H and O–H groups in total. The lowest BCUT2D eigenvalue weighted by Gasteiger charge is -2.36. The molecule has 0 unspecified atom stereocenters. The van der Waals surface area contributed by atoms with Crippen LogP contribution < -0.4 is 0 Å². The highest BCUT2D eigenvalue weighted by Gasteiger charge is 2.63. The van der Waals surface area contributed by atoms with E-state index in [4.69, 9.17) is 0 Å². The summed E-state index contributed by atoms with van der Waals surface area (Å²) in [5.41, 5.74) is 5.74. The molecular formula is C20H28OS. The van der Waals surface area contributed by atoms with Crippen molar-refractivity contribution in [3.63, 3.8) is 0 Å². The Bertz CT molecular complexity index is 593. The third-order valence-electron chi connectivity index (χ3n) is 6.57. The quantitative estimate of drug-likeness (QED) is 0.755. The number of aryl methyl sites for hydroxylation is 3. The van der Waals surface area contributed by atoms with Gasteiger partial charge in [0.1, 0.15) is 5.78 Å². The van der Waals surface area contributed by atoms with Crippen LogP contribution in [-0.2, 0) is 10.5 Å². The summed E-state index contributed by atoms with van der Waals surface area (Å²) in [6.45, 7) is 11.3. The van der Waals surface area contributed by atoms with E-state index in [1.54, 1.807) is 0 Å². The molecule has 2 fully saturated rings. The number of rotatable bonds is 4. The van der Waals surface area contributed by atoms with Gasteiger partial charge in [-0.15, -0.1) is 0 Å². The zero-order valence-corrected chi connectivity index (χ0v) is 15.4. The molecule has 0 heterocycles. The van der Waals surface area contributed by atoms with Crippen molar-refractivity contribution >= 4 is 17.5 Å². The van der Waals surface area contributed by atoms with E-state index in [9.17, 15) is 4.79 Å². The number of hydrogen-bond acceptors (Lipinski definition) is 2. The number of Topliss-reactive ketones (excluding diaryl/α,β-unsaturated/α-hetero) is 1. The molecule has 2 aliphatic rings. The normalized spacial score (nSPS) is 29.3. The van der Waals surface area contributed by atoms with Gasteiger partial charge in [-0.05, 0) is 61.6 Å². The van der Waals surface area contributed by atoms with Crippen molar-refractivity contribution < 1.29 is 4.79 Å². The van der Waals surface area contributed by atoms with Crippen molar-refractivity contribution in [1.29, 1.82) is 0 Å². The van der Waals surface area contributed by atoms with Crippen LogP contribution in [0.25, 0.3) is 0 Å². The Hall–Kier alpha value is -0.760. The predicted molar refractivity (Wildman–Crippen MR) is 95.4 cm³/mol. The first-order valence-electron chi connectivity index (χ1n) is 8.46. The number of thioether (sulfide) groups is 1. The first-order valence-corrected chi connectivity index (χ1v) is 9.61. The fraction of sp³-hybridized carbons (Fsp3) is 0.650. The highest BCUT2D eigenvalue weighted by atomic mass is 32.2. The van der Waals surface area contributed by atoms with Crippen molar-refractivity contribution in [2.75, 3.05) is 5.75 Å². The van der Waals surface area contributed by atoms with Crippen LogP contribution in [0.5, 0.6) is 0 Å². The number of benzene rings is 1. The van der Waals surface area contributed by atoms with E-state index in [0.29, 0.717) is 11.7 Å². The molecule has 120 valence electrons. The smallest absolute Gasteiger partial charge is 0.140 e. The van der Waals surface area contributed by atoms with Gasteiger partial charge in [0.25, 0.3) is 0 Å². The maximum atomic E-state index is 12.6. The average molecular weight is 317 g/mol. The SMILES string of the molecule is Cc1cc(C)c(CSC[C@]23CC[C@H](CC2=O)C3(C)C)c(C)c1. The predicted octanol–water partition coefficient (Wildman–Crippen LogP) is 5.24. The van der Waals surface area contributed by atoms with E-state index in [1.165, 1.54) is 28.7 Å². The molecule has 1 aromatic carbocycles. The summed E-state index contributed by atoms with van der Waals surface area (Å²) in [6.07, 6.45) is 3.19. The van der Waals surface area contributed by atoms with Gasteiger partial charge in [-0.3, -0.25) is 4.79 Å². The molecule has 1 nitrogen and oxygen atoms in total. The lowest BCUT2D eigenvalue weighted by molar-refractivity contribution is -0.127. The third kappa shape index (κ3) is 2.26. The Labute approximate surface area is 139 Å². The fourth-order valence-corrected chi connectivity index (χ4v) is 6.66. The highest BCUT2D eigenvalue weighted by Crippen LogP contribution is 2.64. The average Bonchev–Trinajstić information content (AvgIpc) is 2.76. The van der Waals surface area contributed by atoms with E-state index in [1.807, 2.05) is 11.8 Å². The van der Waals surface area contributed by atoms with Crippen LogP contribution in [0.2, 0.25) is 0 Å². The van der Waals surface area contributed by atoms with E-state index in [-0.39, 0.29) is 10.8 Å². The molecule has 0 aromatic heterocycles. The number of carbonyl (C=O) groups excluding carboxylic acids is 1. The first kappa shape index (κ1) is 16.1. The summed E-state index contributed by atoms with van der Waals surface area (Å²) in [4.78, 5) is 12.6.